The first-order valence-corrected chi connectivity index (χ1v) is 8.13. The Morgan fingerprint density at radius 2 is 1.95 bits per heavy atom. The number of nitrogens with one attached hydrogen (secondary N) is 2. The van der Waals surface area contributed by atoms with Gasteiger partial charge in [-0.25, -0.2) is 9.78 Å². The maximum absolute atomic E-state index is 11.7. The van der Waals surface area contributed by atoms with E-state index >= 15 is 0 Å². The molecule has 2 rings (SSSR count). The van der Waals surface area contributed by atoms with Crippen LogP contribution in [0.1, 0.15) is 28.8 Å². The quantitative estimate of drug-likeness (QED) is 0.823. The maximum Gasteiger partial charge on any atom is 0.315 e. The van der Waals surface area contributed by atoms with E-state index in [1.807, 2.05) is 31.2 Å². The summed E-state index contributed by atoms with van der Waals surface area (Å²) in [4.78, 5) is 16.9. The zero-order valence-corrected chi connectivity index (χ0v) is 13.7. The summed E-state index contributed by atoms with van der Waals surface area (Å²) < 4.78 is 5.52. The normalized spacial score (nSPS) is 10.3. The third-order valence-electron chi connectivity index (χ3n) is 2.94. The second-order valence-corrected chi connectivity index (χ2v) is 6.19. The highest BCUT2D eigenvalue weighted by molar-refractivity contribution is 7.11. The number of ether oxygens (including phenoxy) is 1. The van der Waals surface area contributed by atoms with E-state index in [0.717, 1.165) is 34.2 Å². The van der Waals surface area contributed by atoms with Crippen LogP contribution in [0, 0.1) is 6.92 Å². The van der Waals surface area contributed by atoms with Gasteiger partial charge >= 0.3 is 6.03 Å². The lowest BCUT2D eigenvalue weighted by Gasteiger charge is -2.08. The topological polar surface area (TPSA) is 63.2 Å². The van der Waals surface area contributed by atoms with Crippen LogP contribution in [-0.2, 0) is 13.1 Å². The Kier molecular flexibility index (Phi) is 6.21. The average Bonchev–Trinajstić information content (AvgIpc) is 2.95. The van der Waals surface area contributed by atoms with Crippen molar-refractivity contribution in [2.45, 2.75) is 33.4 Å². The Morgan fingerprint density at radius 3 is 2.59 bits per heavy atom. The van der Waals surface area contributed by atoms with Crippen LogP contribution in [-0.4, -0.2) is 17.6 Å². The molecule has 0 aliphatic heterocycles. The van der Waals surface area contributed by atoms with E-state index in [9.17, 15) is 4.79 Å². The van der Waals surface area contributed by atoms with Crippen molar-refractivity contribution in [3.05, 3.63) is 45.9 Å². The van der Waals surface area contributed by atoms with Gasteiger partial charge in [0.1, 0.15) is 5.75 Å². The van der Waals surface area contributed by atoms with Gasteiger partial charge in [0, 0.05) is 17.6 Å². The summed E-state index contributed by atoms with van der Waals surface area (Å²) in [7, 11) is 0. The number of urea groups is 1. The van der Waals surface area contributed by atoms with Gasteiger partial charge in [-0.05, 0) is 31.0 Å². The molecule has 0 bridgehead atoms. The van der Waals surface area contributed by atoms with Gasteiger partial charge in [-0.15, -0.1) is 11.3 Å². The Morgan fingerprint density at radius 1 is 1.23 bits per heavy atom. The van der Waals surface area contributed by atoms with Crippen molar-refractivity contribution >= 4 is 17.4 Å². The van der Waals surface area contributed by atoms with E-state index in [2.05, 4.69) is 22.5 Å². The SMILES string of the molecule is CCCOc1ccc(CNC(=O)NCc2cnc(C)s2)cc1. The molecule has 0 aliphatic rings. The molecular weight excluding hydrogens is 298 g/mol. The van der Waals surface area contributed by atoms with Crippen LogP contribution in [0.15, 0.2) is 30.5 Å². The first-order chi connectivity index (χ1) is 10.7. The molecule has 0 atom stereocenters. The monoisotopic (exact) mass is 319 g/mol. The van der Waals surface area contributed by atoms with Crippen LogP contribution >= 0.6 is 11.3 Å². The smallest absolute Gasteiger partial charge is 0.315 e. The number of benzene rings is 1. The Bertz CT molecular complexity index is 596. The highest BCUT2D eigenvalue weighted by Crippen LogP contribution is 2.12. The summed E-state index contributed by atoms with van der Waals surface area (Å²) in [5, 5.41) is 6.65. The lowest BCUT2D eigenvalue weighted by molar-refractivity contribution is 0.240. The lowest BCUT2D eigenvalue weighted by atomic mass is 10.2. The number of carbonyl (C=O) groups excluding carboxylic acids is 1. The number of amides is 2. The first kappa shape index (κ1) is 16.3. The van der Waals surface area contributed by atoms with Gasteiger partial charge in [-0.1, -0.05) is 19.1 Å². The third kappa shape index (κ3) is 5.37. The van der Waals surface area contributed by atoms with E-state index in [0.29, 0.717) is 13.1 Å². The predicted octanol–water partition coefficient (Wildman–Crippen LogP) is 3.24. The van der Waals surface area contributed by atoms with Gasteiger partial charge in [0.15, 0.2) is 0 Å². The number of hydrogen-bond acceptors (Lipinski definition) is 4. The minimum Gasteiger partial charge on any atom is -0.494 e. The molecule has 0 aliphatic carbocycles. The molecule has 5 nitrogen and oxygen atoms in total. The Hall–Kier alpha value is -2.08. The summed E-state index contributed by atoms with van der Waals surface area (Å²) in [6.07, 6.45) is 2.78. The number of aromatic nitrogens is 1. The molecule has 0 saturated heterocycles. The molecule has 2 N–H and O–H groups in total. The van der Waals surface area contributed by atoms with E-state index in [-0.39, 0.29) is 6.03 Å². The second kappa shape index (κ2) is 8.38. The van der Waals surface area contributed by atoms with Gasteiger partial charge in [-0.2, -0.15) is 0 Å². The minimum atomic E-state index is -0.183. The first-order valence-electron chi connectivity index (χ1n) is 7.32. The third-order valence-corrected chi connectivity index (χ3v) is 3.85. The maximum atomic E-state index is 11.7. The van der Waals surface area contributed by atoms with Gasteiger partial charge in [0.05, 0.1) is 18.2 Å². The summed E-state index contributed by atoms with van der Waals surface area (Å²) in [5.41, 5.74) is 1.03. The van der Waals surface area contributed by atoms with E-state index in [1.54, 1.807) is 17.5 Å². The van der Waals surface area contributed by atoms with Gasteiger partial charge in [-0.3, -0.25) is 0 Å². The number of thiazole rings is 1. The molecule has 0 radical (unpaired) electrons. The van der Waals surface area contributed by atoms with Crippen molar-refractivity contribution < 1.29 is 9.53 Å². The Balaban J connectivity index is 1.71. The molecule has 0 unspecified atom stereocenters. The lowest BCUT2D eigenvalue weighted by Crippen LogP contribution is -2.34. The Labute approximate surface area is 134 Å². The zero-order valence-electron chi connectivity index (χ0n) is 12.9. The van der Waals surface area contributed by atoms with Crippen molar-refractivity contribution in [1.82, 2.24) is 15.6 Å². The molecule has 1 aromatic heterocycles. The van der Waals surface area contributed by atoms with Gasteiger partial charge in [0.2, 0.25) is 0 Å². The van der Waals surface area contributed by atoms with Crippen LogP contribution < -0.4 is 15.4 Å². The van der Waals surface area contributed by atoms with Crippen LogP contribution in [0.4, 0.5) is 4.79 Å². The molecule has 1 heterocycles. The molecule has 1 aromatic carbocycles. The van der Waals surface area contributed by atoms with Crippen molar-refractivity contribution in [2.75, 3.05) is 6.61 Å². The second-order valence-electron chi connectivity index (χ2n) is 4.87. The summed E-state index contributed by atoms with van der Waals surface area (Å²) in [6, 6.07) is 7.57. The molecule has 0 spiro atoms. The van der Waals surface area contributed by atoms with E-state index < -0.39 is 0 Å². The van der Waals surface area contributed by atoms with Crippen molar-refractivity contribution in [3.8, 4) is 5.75 Å². The molecule has 0 saturated carbocycles. The molecule has 22 heavy (non-hydrogen) atoms. The van der Waals surface area contributed by atoms with Gasteiger partial charge in [0.25, 0.3) is 0 Å². The molecule has 6 heteroatoms. The molecule has 0 fully saturated rings. The van der Waals surface area contributed by atoms with Crippen molar-refractivity contribution in [3.63, 3.8) is 0 Å². The number of nitrogens with zero attached hydrogens (tertiary/aromatic N) is 1. The number of hydrogen-bond donors (Lipinski definition) is 2. The predicted molar refractivity (Wildman–Crippen MR) is 88.2 cm³/mol. The van der Waals surface area contributed by atoms with E-state index in [4.69, 9.17) is 4.74 Å². The fraction of sp³-hybridized carbons (Fsp3) is 0.375. The summed E-state index contributed by atoms with van der Waals surface area (Å²) in [5.74, 6) is 0.857. The number of aryl methyl sites for hydroxylation is 1. The summed E-state index contributed by atoms with van der Waals surface area (Å²) in [6.45, 7) is 5.73. The molecule has 118 valence electrons. The highest BCUT2D eigenvalue weighted by atomic mass is 32.1. The minimum absolute atomic E-state index is 0.183. The van der Waals surface area contributed by atoms with Crippen LogP contribution in [0.2, 0.25) is 0 Å². The van der Waals surface area contributed by atoms with E-state index in [1.165, 1.54) is 0 Å². The zero-order chi connectivity index (χ0) is 15.8. The standard InChI is InChI=1S/C16H21N3O2S/c1-3-8-21-14-6-4-13(5-7-14)9-18-16(20)19-11-15-10-17-12(2)22-15/h4-7,10H,3,8-9,11H2,1-2H3,(H2,18,19,20). The largest absolute Gasteiger partial charge is 0.494 e. The fourth-order valence-corrected chi connectivity index (χ4v) is 2.56. The van der Waals surface area contributed by atoms with Crippen molar-refractivity contribution in [1.29, 1.82) is 0 Å². The number of carbonyl (C=O) groups is 1. The molecular formula is C16H21N3O2S. The van der Waals surface area contributed by atoms with Crippen LogP contribution in [0.25, 0.3) is 0 Å². The number of rotatable bonds is 7. The van der Waals surface area contributed by atoms with Crippen LogP contribution in [0.5, 0.6) is 5.75 Å². The summed E-state index contributed by atoms with van der Waals surface area (Å²) >= 11 is 1.58. The van der Waals surface area contributed by atoms with Gasteiger partial charge < -0.3 is 15.4 Å². The van der Waals surface area contributed by atoms with Crippen molar-refractivity contribution in [2.24, 2.45) is 0 Å². The average molecular weight is 319 g/mol. The fourth-order valence-electron chi connectivity index (χ4n) is 1.82. The molecule has 2 amide bonds. The highest BCUT2D eigenvalue weighted by Gasteiger charge is 2.03. The van der Waals surface area contributed by atoms with Crippen LogP contribution in [0.3, 0.4) is 0 Å². The molecule has 2 aromatic rings.